The minimum Gasteiger partial charge on any atom is -0.772 e. The molecule has 0 aromatic carbocycles. The number of aromatic nitrogens is 2. The molecule has 0 N–H and O–H groups in total. The van der Waals surface area contributed by atoms with E-state index in [0.717, 1.165) is 0 Å². The summed E-state index contributed by atoms with van der Waals surface area (Å²) in [5.74, 6) is 0.0831. The fraction of sp³-hybridized carbons (Fsp3) is 0.200. The zero-order valence-electron chi connectivity index (χ0n) is 5.36. The van der Waals surface area contributed by atoms with Crippen molar-refractivity contribution in [2.24, 2.45) is 0 Å². The Morgan fingerprint density at radius 1 is 1.55 bits per heavy atom. The Hall–Kier alpha value is -0.520. The molecule has 1 aromatic rings. The number of hydrogen-bond acceptors (Lipinski definition) is 4. The Labute approximate surface area is 70.9 Å². The predicted molar refractivity (Wildman–Crippen MR) is 39.7 cm³/mol. The predicted octanol–water partition coefficient (Wildman–Crippen LogP) is 0.509. The van der Waals surface area contributed by atoms with Crippen LogP contribution in [0.4, 0.5) is 0 Å². The molecule has 11 heavy (non-hydrogen) atoms. The summed E-state index contributed by atoms with van der Waals surface area (Å²) in [5, 5.41) is 0.394. The molecule has 1 aromatic heterocycles. The zero-order valence-corrected chi connectivity index (χ0v) is 6.93. The van der Waals surface area contributed by atoms with Gasteiger partial charge in [-0.2, -0.15) is 0 Å². The van der Waals surface area contributed by atoms with E-state index < -0.39 is 11.1 Å². The molecule has 0 aliphatic heterocycles. The summed E-state index contributed by atoms with van der Waals surface area (Å²) in [4.78, 5) is 7.36. The van der Waals surface area contributed by atoms with Crippen molar-refractivity contribution in [2.75, 3.05) is 0 Å². The Kier molecular flexibility index (Phi) is 2.92. The zero-order chi connectivity index (χ0) is 8.27. The molecule has 0 radical (unpaired) electrons. The number of rotatable bonds is 2. The maximum absolute atomic E-state index is 10.1. The molecule has 0 fully saturated rings. The lowest BCUT2D eigenvalue weighted by Gasteiger charge is -2.01. The van der Waals surface area contributed by atoms with Gasteiger partial charge in [0.15, 0.2) is 0 Å². The first-order chi connectivity index (χ1) is 5.18. The minimum absolute atomic E-state index is 0.169. The van der Waals surface area contributed by atoms with Gasteiger partial charge < -0.3 is 4.55 Å². The summed E-state index contributed by atoms with van der Waals surface area (Å²) in [6.07, 6.45) is 2.72. The summed E-state index contributed by atoms with van der Waals surface area (Å²) in [7, 11) is 0. The molecule has 0 bridgehead atoms. The molecule has 4 nitrogen and oxygen atoms in total. The Morgan fingerprint density at radius 2 is 2.09 bits per heavy atom. The monoisotopic (exact) mass is 191 g/mol. The molecular weight excluding hydrogens is 188 g/mol. The van der Waals surface area contributed by atoms with Crippen LogP contribution in [0.5, 0.6) is 0 Å². The summed E-state index contributed by atoms with van der Waals surface area (Å²) < 4.78 is 20.3. The first-order valence-corrected chi connectivity index (χ1v) is 4.33. The van der Waals surface area contributed by atoms with Crippen molar-refractivity contribution in [2.45, 2.75) is 5.75 Å². The van der Waals surface area contributed by atoms with E-state index in [1.165, 1.54) is 12.4 Å². The highest BCUT2D eigenvalue weighted by Crippen LogP contribution is 2.03. The van der Waals surface area contributed by atoms with Crippen molar-refractivity contribution >= 4 is 22.7 Å². The van der Waals surface area contributed by atoms with E-state index in [1.54, 1.807) is 0 Å². The third kappa shape index (κ3) is 2.92. The van der Waals surface area contributed by atoms with Crippen LogP contribution in [-0.2, 0) is 16.8 Å². The van der Waals surface area contributed by atoms with E-state index in [4.69, 9.17) is 11.6 Å². The van der Waals surface area contributed by atoms with Gasteiger partial charge in [0.05, 0.1) is 10.8 Å². The highest BCUT2D eigenvalue weighted by molar-refractivity contribution is 7.78. The van der Waals surface area contributed by atoms with Crippen LogP contribution in [0.3, 0.4) is 0 Å². The van der Waals surface area contributed by atoms with Crippen LogP contribution in [0.15, 0.2) is 12.4 Å². The maximum atomic E-state index is 10.1. The van der Waals surface area contributed by atoms with Gasteiger partial charge >= 0.3 is 0 Å². The molecule has 0 aliphatic rings. The van der Waals surface area contributed by atoms with E-state index >= 15 is 0 Å². The molecule has 0 saturated carbocycles. The van der Waals surface area contributed by atoms with Crippen LogP contribution >= 0.6 is 11.6 Å². The maximum Gasteiger partial charge on any atom is 0.139 e. The van der Waals surface area contributed by atoms with E-state index in [9.17, 15) is 8.76 Å². The van der Waals surface area contributed by atoms with Gasteiger partial charge in [-0.3, -0.25) is 4.21 Å². The normalized spacial score (nSPS) is 12.9. The van der Waals surface area contributed by atoms with Gasteiger partial charge in [0.2, 0.25) is 0 Å². The Bertz CT molecular complexity index is 264. The SMILES string of the molecule is O=S([O-])Cc1ncc(Cl)cn1. The quantitative estimate of drug-likeness (QED) is 0.639. The van der Waals surface area contributed by atoms with Gasteiger partial charge in [0.25, 0.3) is 0 Å². The lowest BCUT2D eigenvalue weighted by molar-refractivity contribution is 0.535. The second-order valence-electron chi connectivity index (χ2n) is 1.77. The molecule has 1 atom stereocenters. The smallest absolute Gasteiger partial charge is 0.139 e. The molecule has 0 aliphatic carbocycles. The lowest BCUT2D eigenvalue weighted by Crippen LogP contribution is -1.98. The van der Waals surface area contributed by atoms with Crippen molar-refractivity contribution in [3.8, 4) is 0 Å². The average molecular weight is 192 g/mol. The van der Waals surface area contributed by atoms with E-state index in [1.807, 2.05) is 0 Å². The largest absolute Gasteiger partial charge is 0.772 e. The van der Waals surface area contributed by atoms with Gasteiger partial charge in [0, 0.05) is 12.4 Å². The van der Waals surface area contributed by atoms with Gasteiger partial charge in [-0.25, -0.2) is 9.97 Å². The summed E-state index contributed by atoms with van der Waals surface area (Å²) in [6.45, 7) is 0. The topological polar surface area (TPSA) is 65.9 Å². The average Bonchev–Trinajstić information content (AvgIpc) is 1.93. The molecule has 0 amide bonds. The molecule has 6 heteroatoms. The molecule has 1 rings (SSSR count). The first kappa shape index (κ1) is 8.58. The van der Waals surface area contributed by atoms with Gasteiger partial charge in [-0.15, -0.1) is 0 Å². The molecule has 60 valence electrons. The summed E-state index contributed by atoms with van der Waals surface area (Å²) in [5.41, 5.74) is 0. The highest BCUT2D eigenvalue weighted by Gasteiger charge is 1.94. The molecule has 0 spiro atoms. The van der Waals surface area contributed by atoms with Gasteiger partial charge in [-0.1, -0.05) is 11.6 Å². The third-order valence-corrected chi connectivity index (χ3v) is 1.61. The van der Waals surface area contributed by atoms with E-state index in [0.29, 0.717) is 5.02 Å². The number of hydrogen-bond donors (Lipinski definition) is 0. The van der Waals surface area contributed by atoms with Crippen molar-refractivity contribution < 1.29 is 8.76 Å². The van der Waals surface area contributed by atoms with Crippen molar-refractivity contribution in [3.05, 3.63) is 23.2 Å². The van der Waals surface area contributed by atoms with Crippen LogP contribution in [0.25, 0.3) is 0 Å². The minimum atomic E-state index is -2.14. The standard InChI is InChI=1S/C5H5ClN2O2S/c6-4-1-7-5(8-2-4)3-11(9)10/h1-2H,3H2,(H,9,10)/p-1. The molecule has 1 unspecified atom stereocenters. The van der Waals surface area contributed by atoms with Crippen LogP contribution in [-0.4, -0.2) is 18.7 Å². The fourth-order valence-electron chi connectivity index (χ4n) is 0.519. The van der Waals surface area contributed by atoms with Gasteiger partial charge in [-0.05, 0) is 11.1 Å². The second kappa shape index (κ2) is 3.75. The van der Waals surface area contributed by atoms with Crippen LogP contribution < -0.4 is 0 Å². The Morgan fingerprint density at radius 3 is 2.55 bits per heavy atom. The Balaban J connectivity index is 2.74. The van der Waals surface area contributed by atoms with E-state index in [2.05, 4.69) is 9.97 Å². The highest BCUT2D eigenvalue weighted by atomic mass is 35.5. The number of nitrogens with zero attached hydrogens (tertiary/aromatic N) is 2. The van der Waals surface area contributed by atoms with Crippen LogP contribution in [0.1, 0.15) is 5.82 Å². The fourth-order valence-corrected chi connectivity index (χ4v) is 0.976. The van der Waals surface area contributed by atoms with Crippen molar-refractivity contribution in [1.29, 1.82) is 0 Å². The first-order valence-electron chi connectivity index (χ1n) is 2.71. The molecule has 1 heterocycles. The van der Waals surface area contributed by atoms with Crippen LogP contribution in [0.2, 0.25) is 5.02 Å². The molecular formula is C5H4ClN2O2S-. The van der Waals surface area contributed by atoms with Crippen LogP contribution in [0, 0.1) is 0 Å². The second-order valence-corrected chi connectivity index (χ2v) is 3.10. The van der Waals surface area contributed by atoms with Gasteiger partial charge in [0.1, 0.15) is 5.82 Å². The van der Waals surface area contributed by atoms with Crippen molar-refractivity contribution in [1.82, 2.24) is 9.97 Å². The summed E-state index contributed by atoms with van der Waals surface area (Å²) >= 11 is 3.33. The summed E-state index contributed by atoms with van der Waals surface area (Å²) in [6, 6.07) is 0. The third-order valence-electron chi connectivity index (χ3n) is 0.921. The van der Waals surface area contributed by atoms with E-state index in [-0.39, 0.29) is 11.6 Å². The number of halogens is 1. The lowest BCUT2D eigenvalue weighted by atomic mass is 10.6. The van der Waals surface area contributed by atoms with Crippen molar-refractivity contribution in [3.63, 3.8) is 0 Å². The molecule has 0 saturated heterocycles.